The first-order chi connectivity index (χ1) is 7.83. The summed E-state index contributed by atoms with van der Waals surface area (Å²) in [5.41, 5.74) is -0.537. The lowest BCUT2D eigenvalue weighted by atomic mass is 9.89. The lowest BCUT2D eigenvalue weighted by Gasteiger charge is -2.41. The van der Waals surface area contributed by atoms with E-state index in [9.17, 15) is 4.79 Å². The number of rotatable bonds is 4. The van der Waals surface area contributed by atoms with Crippen LogP contribution in [-0.4, -0.2) is 50.3 Å². The quantitative estimate of drug-likeness (QED) is 0.704. The lowest BCUT2D eigenvalue weighted by Crippen LogP contribution is -2.51. The number of ether oxygens (including phenoxy) is 2. The second-order valence-electron chi connectivity index (χ2n) is 5.84. The molecule has 0 aromatic heterocycles. The maximum atomic E-state index is 11.7. The van der Waals surface area contributed by atoms with Gasteiger partial charge in [0.15, 0.2) is 0 Å². The van der Waals surface area contributed by atoms with Crippen molar-refractivity contribution < 1.29 is 14.3 Å². The number of carbonyl (C=O) groups excluding carboxylic acids is 1. The number of hydrogen-bond donors (Lipinski definition) is 0. The summed E-state index contributed by atoms with van der Waals surface area (Å²) < 4.78 is 10.4. The SMILES string of the molecule is COC(=O)C(C)(C)CN1CCCC(C)(OC)C1. The number of methoxy groups -OCH3 is 2. The minimum Gasteiger partial charge on any atom is -0.469 e. The highest BCUT2D eigenvalue weighted by Crippen LogP contribution is 2.27. The van der Waals surface area contributed by atoms with Crippen molar-refractivity contribution >= 4 is 5.97 Å². The first kappa shape index (κ1) is 14.5. The smallest absolute Gasteiger partial charge is 0.312 e. The van der Waals surface area contributed by atoms with Crippen molar-refractivity contribution in [2.45, 2.75) is 39.2 Å². The lowest BCUT2D eigenvalue weighted by molar-refractivity contribution is -0.153. The van der Waals surface area contributed by atoms with Crippen molar-refractivity contribution in [2.75, 3.05) is 33.9 Å². The number of likely N-dealkylation sites (tertiary alicyclic amines) is 1. The number of hydrogen-bond acceptors (Lipinski definition) is 4. The molecule has 0 aromatic carbocycles. The van der Waals surface area contributed by atoms with Gasteiger partial charge >= 0.3 is 5.97 Å². The summed E-state index contributed by atoms with van der Waals surface area (Å²) in [5.74, 6) is -0.151. The van der Waals surface area contributed by atoms with Gasteiger partial charge in [-0.3, -0.25) is 9.69 Å². The van der Waals surface area contributed by atoms with Crippen molar-refractivity contribution in [3.05, 3.63) is 0 Å². The van der Waals surface area contributed by atoms with Crippen LogP contribution in [0.25, 0.3) is 0 Å². The molecule has 0 aliphatic carbocycles. The van der Waals surface area contributed by atoms with Gasteiger partial charge < -0.3 is 9.47 Å². The molecule has 0 spiro atoms. The highest BCUT2D eigenvalue weighted by molar-refractivity contribution is 5.76. The van der Waals surface area contributed by atoms with E-state index in [1.807, 2.05) is 13.8 Å². The summed E-state index contributed by atoms with van der Waals surface area (Å²) in [4.78, 5) is 14.0. The summed E-state index contributed by atoms with van der Waals surface area (Å²) in [7, 11) is 3.20. The van der Waals surface area contributed by atoms with Crippen LogP contribution in [-0.2, 0) is 14.3 Å². The first-order valence-electron chi connectivity index (χ1n) is 6.19. The fourth-order valence-electron chi connectivity index (χ4n) is 2.51. The minimum atomic E-state index is -0.458. The molecule has 0 saturated carbocycles. The van der Waals surface area contributed by atoms with Gasteiger partial charge in [-0.1, -0.05) is 0 Å². The van der Waals surface area contributed by atoms with E-state index in [1.54, 1.807) is 7.11 Å². The molecule has 1 unspecified atom stereocenters. The summed E-state index contributed by atoms with van der Waals surface area (Å²) in [5, 5.41) is 0. The zero-order valence-electron chi connectivity index (χ0n) is 11.7. The molecule has 1 aliphatic heterocycles. The molecule has 1 heterocycles. The zero-order valence-corrected chi connectivity index (χ0v) is 11.7. The standard InChI is InChI=1S/C13H25NO3/c1-12(2,11(15)16-4)9-14-8-6-7-13(3,10-14)17-5/h6-10H2,1-5H3. The van der Waals surface area contributed by atoms with Crippen LogP contribution in [0.3, 0.4) is 0 Å². The maximum absolute atomic E-state index is 11.7. The molecule has 0 N–H and O–H groups in total. The molecule has 1 fully saturated rings. The molecule has 1 rings (SSSR count). The molecule has 4 nitrogen and oxygen atoms in total. The monoisotopic (exact) mass is 243 g/mol. The Morgan fingerprint density at radius 1 is 1.41 bits per heavy atom. The third-order valence-corrected chi connectivity index (χ3v) is 3.59. The van der Waals surface area contributed by atoms with Gasteiger partial charge in [0.1, 0.15) is 0 Å². The molecule has 1 atom stereocenters. The Labute approximate surface area is 104 Å². The largest absolute Gasteiger partial charge is 0.469 e. The van der Waals surface area contributed by atoms with Crippen molar-refractivity contribution in [1.82, 2.24) is 4.90 Å². The second kappa shape index (κ2) is 5.36. The highest BCUT2D eigenvalue weighted by Gasteiger charge is 2.36. The van der Waals surface area contributed by atoms with E-state index in [2.05, 4.69) is 11.8 Å². The Bertz CT molecular complexity index is 278. The van der Waals surface area contributed by atoms with Crippen LogP contribution in [0.2, 0.25) is 0 Å². The number of piperidine rings is 1. The Kier molecular flexibility index (Phi) is 4.55. The van der Waals surface area contributed by atoms with E-state index in [0.717, 1.165) is 32.5 Å². The Balaban J connectivity index is 2.60. The van der Waals surface area contributed by atoms with E-state index >= 15 is 0 Å². The van der Waals surface area contributed by atoms with Gasteiger partial charge in [0.2, 0.25) is 0 Å². The van der Waals surface area contributed by atoms with E-state index in [4.69, 9.17) is 9.47 Å². The number of esters is 1. The average molecular weight is 243 g/mol. The molecule has 1 aliphatic rings. The van der Waals surface area contributed by atoms with Crippen LogP contribution in [0, 0.1) is 5.41 Å². The van der Waals surface area contributed by atoms with Crippen LogP contribution in [0.15, 0.2) is 0 Å². The van der Waals surface area contributed by atoms with E-state index in [0.29, 0.717) is 0 Å². The van der Waals surface area contributed by atoms with Crippen molar-refractivity contribution in [3.8, 4) is 0 Å². The third kappa shape index (κ3) is 3.68. The molecular weight excluding hydrogens is 218 g/mol. The second-order valence-corrected chi connectivity index (χ2v) is 5.84. The third-order valence-electron chi connectivity index (χ3n) is 3.59. The van der Waals surface area contributed by atoms with Gasteiger partial charge in [0.05, 0.1) is 18.1 Å². The van der Waals surface area contributed by atoms with Crippen molar-refractivity contribution in [2.24, 2.45) is 5.41 Å². The van der Waals surface area contributed by atoms with Gasteiger partial charge in [0.25, 0.3) is 0 Å². The van der Waals surface area contributed by atoms with Gasteiger partial charge in [-0.05, 0) is 40.2 Å². The summed E-state index contributed by atoms with van der Waals surface area (Å²) >= 11 is 0. The number of carbonyl (C=O) groups is 1. The van der Waals surface area contributed by atoms with Crippen LogP contribution in [0.1, 0.15) is 33.6 Å². The van der Waals surface area contributed by atoms with E-state index < -0.39 is 5.41 Å². The van der Waals surface area contributed by atoms with Crippen LogP contribution >= 0.6 is 0 Å². The topological polar surface area (TPSA) is 38.8 Å². The molecule has 17 heavy (non-hydrogen) atoms. The predicted octanol–water partition coefficient (Wildman–Crippen LogP) is 1.69. The first-order valence-corrected chi connectivity index (χ1v) is 6.19. The Morgan fingerprint density at radius 3 is 2.59 bits per heavy atom. The molecule has 0 amide bonds. The molecule has 100 valence electrons. The average Bonchev–Trinajstić information content (AvgIpc) is 2.27. The molecule has 0 aromatic rings. The minimum absolute atomic E-state index is 0.0789. The maximum Gasteiger partial charge on any atom is 0.312 e. The molecular formula is C13H25NO3. The summed E-state index contributed by atoms with van der Waals surface area (Å²) in [6.45, 7) is 8.61. The van der Waals surface area contributed by atoms with Gasteiger partial charge in [-0.2, -0.15) is 0 Å². The highest BCUT2D eigenvalue weighted by atomic mass is 16.5. The summed E-state index contributed by atoms with van der Waals surface area (Å²) in [6, 6.07) is 0. The van der Waals surface area contributed by atoms with E-state index in [-0.39, 0.29) is 11.6 Å². The zero-order chi connectivity index (χ0) is 13.1. The molecule has 1 saturated heterocycles. The van der Waals surface area contributed by atoms with Gasteiger partial charge in [-0.25, -0.2) is 0 Å². The fourth-order valence-corrected chi connectivity index (χ4v) is 2.51. The molecule has 0 radical (unpaired) electrons. The number of nitrogens with zero attached hydrogens (tertiary/aromatic N) is 1. The molecule has 4 heteroatoms. The van der Waals surface area contributed by atoms with Crippen LogP contribution < -0.4 is 0 Å². The predicted molar refractivity (Wildman–Crippen MR) is 66.9 cm³/mol. The van der Waals surface area contributed by atoms with E-state index in [1.165, 1.54) is 7.11 Å². The normalized spacial score (nSPS) is 26.9. The van der Waals surface area contributed by atoms with Gasteiger partial charge in [-0.15, -0.1) is 0 Å². The van der Waals surface area contributed by atoms with Crippen LogP contribution in [0.4, 0.5) is 0 Å². The Morgan fingerprint density at radius 2 is 2.06 bits per heavy atom. The molecule has 0 bridgehead atoms. The van der Waals surface area contributed by atoms with Crippen molar-refractivity contribution in [3.63, 3.8) is 0 Å². The van der Waals surface area contributed by atoms with Crippen molar-refractivity contribution in [1.29, 1.82) is 0 Å². The summed E-state index contributed by atoms with van der Waals surface area (Å²) in [6.07, 6.45) is 2.19. The van der Waals surface area contributed by atoms with Crippen LogP contribution in [0.5, 0.6) is 0 Å². The van der Waals surface area contributed by atoms with Gasteiger partial charge in [0, 0.05) is 20.2 Å². The fraction of sp³-hybridized carbons (Fsp3) is 0.923. The Hall–Kier alpha value is -0.610.